The van der Waals surface area contributed by atoms with Crippen molar-refractivity contribution in [2.24, 2.45) is 0 Å². The molecule has 0 radical (unpaired) electrons. The molecule has 0 atom stereocenters. The van der Waals surface area contributed by atoms with Gasteiger partial charge in [-0.2, -0.15) is 0 Å². The number of pyridine rings is 2. The van der Waals surface area contributed by atoms with Crippen LogP contribution in [-0.2, 0) is 0 Å². The SMILES string of the molecule is C=C(C)c1nc([N+](=O)[O-])ccc1OC.COc1ccc(N)nc1C(C)C. The third-order valence-electron chi connectivity index (χ3n) is 3.33. The van der Waals surface area contributed by atoms with E-state index < -0.39 is 4.92 Å². The molecule has 0 aliphatic carbocycles. The molecule has 26 heavy (non-hydrogen) atoms. The van der Waals surface area contributed by atoms with Crippen molar-refractivity contribution in [1.29, 1.82) is 0 Å². The van der Waals surface area contributed by atoms with Crippen molar-refractivity contribution in [3.05, 3.63) is 52.3 Å². The molecule has 0 unspecified atom stereocenters. The maximum Gasteiger partial charge on any atom is 0.364 e. The minimum atomic E-state index is -0.550. The fourth-order valence-corrected chi connectivity index (χ4v) is 2.07. The number of nitrogen functional groups attached to an aromatic ring is 1. The summed E-state index contributed by atoms with van der Waals surface area (Å²) in [5.74, 6) is 1.97. The van der Waals surface area contributed by atoms with Gasteiger partial charge in [0.1, 0.15) is 11.6 Å². The van der Waals surface area contributed by atoms with E-state index in [2.05, 4.69) is 30.4 Å². The van der Waals surface area contributed by atoms with Crippen LogP contribution < -0.4 is 15.2 Å². The summed E-state index contributed by atoms with van der Waals surface area (Å²) in [7, 11) is 3.12. The van der Waals surface area contributed by atoms with E-state index in [1.807, 2.05) is 6.07 Å². The van der Waals surface area contributed by atoms with Crippen LogP contribution in [0, 0.1) is 10.1 Å². The molecule has 0 fully saturated rings. The molecule has 2 heterocycles. The summed E-state index contributed by atoms with van der Waals surface area (Å²) in [4.78, 5) is 17.9. The number of nitrogens with zero attached hydrogens (tertiary/aromatic N) is 3. The number of nitrogens with two attached hydrogens (primary N) is 1. The Morgan fingerprint density at radius 2 is 1.73 bits per heavy atom. The molecular formula is C18H24N4O4. The van der Waals surface area contributed by atoms with Gasteiger partial charge in [0, 0.05) is 6.07 Å². The van der Waals surface area contributed by atoms with Gasteiger partial charge in [0.2, 0.25) is 5.69 Å². The fourth-order valence-electron chi connectivity index (χ4n) is 2.07. The van der Waals surface area contributed by atoms with Crippen LogP contribution >= 0.6 is 0 Å². The standard InChI is InChI=1S/C9H10N2O3.C9H14N2O/c1-6(2)9-7(14-3)4-5-8(10-9)11(12)13;1-6(2)9-7(12-3)4-5-8(10)11-9/h4-5H,1H2,2-3H3;4-6H,1-3H3,(H2,10,11). The van der Waals surface area contributed by atoms with Crippen molar-refractivity contribution < 1.29 is 14.4 Å². The van der Waals surface area contributed by atoms with Gasteiger partial charge in [-0.25, -0.2) is 4.98 Å². The van der Waals surface area contributed by atoms with E-state index in [4.69, 9.17) is 15.2 Å². The average molecular weight is 360 g/mol. The van der Waals surface area contributed by atoms with Gasteiger partial charge in [-0.3, -0.25) is 0 Å². The molecule has 0 bridgehead atoms. The minimum absolute atomic E-state index is 0.205. The zero-order valence-corrected chi connectivity index (χ0v) is 15.6. The Balaban J connectivity index is 0.000000263. The van der Waals surface area contributed by atoms with Crippen molar-refractivity contribution in [2.45, 2.75) is 26.7 Å². The van der Waals surface area contributed by atoms with Crippen molar-refractivity contribution in [2.75, 3.05) is 20.0 Å². The number of allylic oxidation sites excluding steroid dienone is 1. The summed E-state index contributed by atoms with van der Waals surface area (Å²) in [5.41, 5.74) is 7.52. The second-order valence-electron chi connectivity index (χ2n) is 5.74. The van der Waals surface area contributed by atoms with E-state index >= 15 is 0 Å². The first-order valence-corrected chi connectivity index (χ1v) is 7.86. The van der Waals surface area contributed by atoms with E-state index in [1.54, 1.807) is 20.1 Å². The Morgan fingerprint density at radius 1 is 1.15 bits per heavy atom. The summed E-state index contributed by atoms with van der Waals surface area (Å²) in [6.45, 7) is 9.51. The smallest absolute Gasteiger partial charge is 0.364 e. The van der Waals surface area contributed by atoms with Crippen LogP contribution in [0.3, 0.4) is 0 Å². The Bertz CT molecular complexity index is 791. The lowest BCUT2D eigenvalue weighted by Gasteiger charge is -2.10. The predicted octanol–water partition coefficient (Wildman–Crippen LogP) is 3.83. The Labute approximate surface area is 152 Å². The summed E-state index contributed by atoms with van der Waals surface area (Å²) >= 11 is 0. The predicted molar refractivity (Wildman–Crippen MR) is 101 cm³/mol. The lowest BCUT2D eigenvalue weighted by atomic mass is 10.1. The molecule has 0 aliphatic heterocycles. The molecule has 0 saturated heterocycles. The van der Waals surface area contributed by atoms with Gasteiger partial charge in [0.25, 0.3) is 0 Å². The molecule has 8 heteroatoms. The van der Waals surface area contributed by atoms with Crippen LogP contribution in [0.25, 0.3) is 5.57 Å². The number of aromatic nitrogens is 2. The highest BCUT2D eigenvalue weighted by Crippen LogP contribution is 2.25. The fraction of sp³-hybridized carbons (Fsp3) is 0.333. The van der Waals surface area contributed by atoms with Crippen LogP contribution in [0.1, 0.15) is 38.1 Å². The third kappa shape index (κ3) is 5.44. The van der Waals surface area contributed by atoms with E-state index in [9.17, 15) is 10.1 Å². The first-order valence-electron chi connectivity index (χ1n) is 7.86. The van der Waals surface area contributed by atoms with Crippen molar-refractivity contribution in [1.82, 2.24) is 9.97 Å². The first kappa shape index (κ1) is 20.9. The van der Waals surface area contributed by atoms with E-state index in [1.165, 1.54) is 19.2 Å². The number of hydrogen-bond acceptors (Lipinski definition) is 7. The number of anilines is 1. The number of ether oxygens (including phenoxy) is 2. The largest absolute Gasteiger partial charge is 0.495 e. The van der Waals surface area contributed by atoms with Crippen LogP contribution in [0.2, 0.25) is 0 Å². The molecule has 140 valence electrons. The van der Waals surface area contributed by atoms with Crippen molar-refractivity contribution in [3.8, 4) is 11.5 Å². The van der Waals surface area contributed by atoms with Crippen molar-refractivity contribution >= 4 is 17.2 Å². The van der Waals surface area contributed by atoms with Crippen LogP contribution in [-0.4, -0.2) is 29.1 Å². The maximum absolute atomic E-state index is 10.4. The number of nitro groups is 1. The zero-order chi connectivity index (χ0) is 19.9. The molecular weight excluding hydrogens is 336 g/mol. The van der Waals surface area contributed by atoms with Gasteiger partial charge < -0.3 is 25.3 Å². The highest BCUT2D eigenvalue weighted by atomic mass is 16.6. The molecule has 0 aromatic carbocycles. The summed E-state index contributed by atoms with van der Waals surface area (Å²) in [6, 6.07) is 6.39. The molecule has 0 aliphatic rings. The van der Waals surface area contributed by atoms with Gasteiger partial charge >= 0.3 is 5.82 Å². The number of hydrogen-bond donors (Lipinski definition) is 1. The lowest BCUT2D eigenvalue weighted by Crippen LogP contribution is -2.00. The Kier molecular flexibility index (Phi) is 7.52. The van der Waals surface area contributed by atoms with Crippen molar-refractivity contribution in [3.63, 3.8) is 0 Å². The summed E-state index contributed by atoms with van der Waals surface area (Å²) in [6.07, 6.45) is 0. The van der Waals surface area contributed by atoms with Gasteiger partial charge in [0.05, 0.1) is 19.9 Å². The highest BCUT2D eigenvalue weighted by Gasteiger charge is 2.16. The maximum atomic E-state index is 10.4. The zero-order valence-electron chi connectivity index (χ0n) is 15.6. The van der Waals surface area contributed by atoms with Gasteiger partial charge in [0.15, 0.2) is 5.75 Å². The second-order valence-corrected chi connectivity index (χ2v) is 5.74. The normalized spacial score (nSPS) is 9.92. The molecule has 0 amide bonds. The van der Waals surface area contributed by atoms with Crippen LogP contribution in [0.4, 0.5) is 11.6 Å². The average Bonchev–Trinajstić information content (AvgIpc) is 2.61. The van der Waals surface area contributed by atoms with E-state index in [0.717, 1.165) is 11.4 Å². The monoisotopic (exact) mass is 360 g/mol. The van der Waals surface area contributed by atoms with Gasteiger partial charge in [-0.1, -0.05) is 20.4 Å². The molecule has 2 aromatic heterocycles. The third-order valence-corrected chi connectivity index (χ3v) is 3.33. The second kappa shape index (κ2) is 9.36. The van der Waals surface area contributed by atoms with Gasteiger partial charge in [-0.05, 0) is 46.5 Å². The molecule has 0 saturated carbocycles. The summed E-state index contributed by atoms with van der Waals surface area (Å²) < 4.78 is 10.1. The Morgan fingerprint density at radius 3 is 2.19 bits per heavy atom. The molecule has 2 rings (SSSR count). The quantitative estimate of drug-likeness (QED) is 0.636. The molecule has 2 N–H and O–H groups in total. The van der Waals surface area contributed by atoms with Gasteiger partial charge in [-0.15, -0.1) is 0 Å². The summed E-state index contributed by atoms with van der Waals surface area (Å²) in [5, 5.41) is 10.4. The molecule has 8 nitrogen and oxygen atoms in total. The van der Waals surface area contributed by atoms with Crippen LogP contribution in [0.15, 0.2) is 30.8 Å². The topological polar surface area (TPSA) is 113 Å². The van der Waals surface area contributed by atoms with Crippen LogP contribution in [0.5, 0.6) is 11.5 Å². The Hall–Kier alpha value is -3.16. The highest BCUT2D eigenvalue weighted by molar-refractivity contribution is 5.64. The number of rotatable bonds is 5. The number of methoxy groups -OCH3 is 2. The van der Waals surface area contributed by atoms with E-state index in [-0.39, 0.29) is 5.82 Å². The minimum Gasteiger partial charge on any atom is -0.495 e. The first-order chi connectivity index (χ1) is 12.2. The molecule has 0 spiro atoms. The lowest BCUT2D eigenvalue weighted by molar-refractivity contribution is -0.389. The van der Waals surface area contributed by atoms with E-state index in [0.29, 0.717) is 28.8 Å². The molecule has 2 aromatic rings.